The number of rotatable bonds is 46. The number of ether oxygens (including phenoxy) is 3. The van der Waals surface area contributed by atoms with Gasteiger partial charge >= 0.3 is 17.9 Å². The number of hydrogen-bond donors (Lipinski definition) is 0. The van der Waals surface area contributed by atoms with E-state index >= 15 is 0 Å². The largest absolute Gasteiger partial charge is 0.462 e. The van der Waals surface area contributed by atoms with Crippen LogP contribution in [0.4, 0.5) is 0 Å². The Hall–Kier alpha value is -2.89. The van der Waals surface area contributed by atoms with E-state index in [4.69, 9.17) is 14.2 Å². The molecule has 0 radical (unpaired) electrons. The highest BCUT2D eigenvalue weighted by Crippen LogP contribution is 2.15. The average Bonchev–Trinajstić information content (AvgIpc) is 3.26. The normalized spacial score (nSPS) is 12.5. The van der Waals surface area contributed by atoms with E-state index in [1.165, 1.54) is 141 Å². The zero-order valence-electron chi connectivity index (χ0n) is 40.2. The smallest absolute Gasteiger partial charge is 0.306 e. The van der Waals surface area contributed by atoms with Gasteiger partial charge in [0.1, 0.15) is 13.2 Å². The maximum atomic E-state index is 12.7. The van der Waals surface area contributed by atoms with Crippen molar-refractivity contribution in [3.8, 4) is 0 Å². The van der Waals surface area contributed by atoms with Gasteiger partial charge in [0.05, 0.1) is 0 Å². The summed E-state index contributed by atoms with van der Waals surface area (Å²) in [7, 11) is 0. The van der Waals surface area contributed by atoms with Crippen LogP contribution in [-0.2, 0) is 28.6 Å². The van der Waals surface area contributed by atoms with Crippen LogP contribution >= 0.6 is 0 Å². The van der Waals surface area contributed by atoms with Crippen LogP contribution in [0.25, 0.3) is 0 Å². The summed E-state index contributed by atoms with van der Waals surface area (Å²) in [6.45, 7) is 6.46. The van der Waals surface area contributed by atoms with Crippen molar-refractivity contribution < 1.29 is 28.6 Å². The number of carbonyl (C=O) groups excluding carboxylic acids is 3. The van der Waals surface area contributed by atoms with Crippen LogP contribution in [0.5, 0.6) is 0 Å². The van der Waals surface area contributed by atoms with Crippen molar-refractivity contribution in [3.63, 3.8) is 0 Å². The molecule has 0 aliphatic rings. The van der Waals surface area contributed by atoms with Gasteiger partial charge in [0.25, 0.3) is 0 Å². The quantitative estimate of drug-likeness (QED) is 0.0200. The lowest BCUT2D eigenvalue weighted by Gasteiger charge is -2.18. The third-order valence-electron chi connectivity index (χ3n) is 11.1. The van der Waals surface area contributed by atoms with E-state index in [2.05, 4.69) is 45.1 Å². The molecule has 1 unspecified atom stereocenters. The highest BCUT2D eigenvalue weighted by molar-refractivity contribution is 5.71. The van der Waals surface area contributed by atoms with Gasteiger partial charge in [0, 0.05) is 19.3 Å². The third-order valence-corrected chi connectivity index (χ3v) is 11.1. The van der Waals surface area contributed by atoms with E-state index in [1.807, 2.05) is 36.5 Å². The highest BCUT2D eigenvalue weighted by Gasteiger charge is 2.19. The third kappa shape index (κ3) is 48.0. The zero-order valence-corrected chi connectivity index (χ0v) is 40.2. The second-order valence-corrected chi connectivity index (χ2v) is 17.1. The SMILES string of the molecule is CC\C=C/C=C\C=C/C=C\CCCCCC(=O)OC(COC(=O)CCCCCCCCC/C=C\CCCCCCCCCC)COC(=O)CCCCCCCCCCCCC. The molecule has 0 N–H and O–H groups in total. The maximum Gasteiger partial charge on any atom is 0.306 e. The van der Waals surface area contributed by atoms with Gasteiger partial charge in [-0.2, -0.15) is 0 Å². The fraction of sp³-hybridized carbons (Fsp3) is 0.764. The molecule has 0 aliphatic carbocycles. The molecule has 0 saturated heterocycles. The Morgan fingerprint density at radius 2 is 0.656 bits per heavy atom. The van der Waals surface area contributed by atoms with Gasteiger partial charge in [-0.25, -0.2) is 0 Å². The van der Waals surface area contributed by atoms with Crippen LogP contribution in [0.3, 0.4) is 0 Å². The van der Waals surface area contributed by atoms with Crippen LogP contribution in [0, 0.1) is 0 Å². The molecule has 0 bridgehead atoms. The maximum absolute atomic E-state index is 12.7. The monoisotopic (exact) mass is 853 g/mol. The molecule has 0 aromatic heterocycles. The number of esters is 3. The van der Waals surface area contributed by atoms with Crippen LogP contribution in [0.2, 0.25) is 0 Å². The fourth-order valence-electron chi connectivity index (χ4n) is 7.21. The Bertz CT molecular complexity index is 1120. The van der Waals surface area contributed by atoms with Crippen molar-refractivity contribution in [2.24, 2.45) is 0 Å². The van der Waals surface area contributed by atoms with E-state index in [-0.39, 0.29) is 37.5 Å². The van der Waals surface area contributed by atoms with E-state index in [1.54, 1.807) is 0 Å². The first kappa shape index (κ1) is 58.1. The summed E-state index contributed by atoms with van der Waals surface area (Å²) in [6.07, 6.45) is 60.7. The molecule has 0 aromatic rings. The molecular formula is C55H96O6. The number of allylic oxidation sites excluding steroid dienone is 10. The molecule has 0 amide bonds. The van der Waals surface area contributed by atoms with Gasteiger partial charge < -0.3 is 14.2 Å². The number of unbranched alkanes of at least 4 members (excludes halogenated alkanes) is 28. The minimum atomic E-state index is -0.793. The summed E-state index contributed by atoms with van der Waals surface area (Å²) >= 11 is 0. The molecule has 1 atom stereocenters. The second-order valence-electron chi connectivity index (χ2n) is 17.1. The predicted octanol–water partition coefficient (Wildman–Crippen LogP) is 16.9. The molecule has 0 rings (SSSR count). The molecule has 6 nitrogen and oxygen atoms in total. The first-order valence-electron chi connectivity index (χ1n) is 25.8. The lowest BCUT2D eigenvalue weighted by Crippen LogP contribution is -2.30. The molecule has 61 heavy (non-hydrogen) atoms. The molecule has 6 heteroatoms. The molecule has 0 aromatic carbocycles. The average molecular weight is 853 g/mol. The Morgan fingerprint density at radius 1 is 0.344 bits per heavy atom. The van der Waals surface area contributed by atoms with Crippen molar-refractivity contribution in [1.29, 1.82) is 0 Å². The predicted molar refractivity (Wildman–Crippen MR) is 261 cm³/mol. The topological polar surface area (TPSA) is 78.9 Å². The van der Waals surface area contributed by atoms with E-state index in [9.17, 15) is 14.4 Å². The van der Waals surface area contributed by atoms with Gasteiger partial charge in [0.2, 0.25) is 0 Å². The summed E-state index contributed by atoms with van der Waals surface area (Å²) in [4.78, 5) is 37.9. The molecule has 0 heterocycles. The van der Waals surface area contributed by atoms with Crippen molar-refractivity contribution in [3.05, 3.63) is 60.8 Å². The van der Waals surface area contributed by atoms with Crippen molar-refractivity contribution in [2.45, 2.75) is 258 Å². The van der Waals surface area contributed by atoms with Gasteiger partial charge in [0.15, 0.2) is 6.10 Å². The minimum absolute atomic E-state index is 0.0900. The van der Waals surface area contributed by atoms with E-state index < -0.39 is 6.10 Å². The Balaban J connectivity index is 4.36. The lowest BCUT2D eigenvalue weighted by atomic mass is 10.1. The lowest BCUT2D eigenvalue weighted by molar-refractivity contribution is -0.167. The molecule has 0 spiro atoms. The first-order chi connectivity index (χ1) is 30.0. The van der Waals surface area contributed by atoms with Crippen LogP contribution in [0.15, 0.2) is 60.8 Å². The van der Waals surface area contributed by atoms with Gasteiger partial charge in [-0.15, -0.1) is 0 Å². The summed E-state index contributed by atoms with van der Waals surface area (Å²) in [5, 5.41) is 0. The van der Waals surface area contributed by atoms with Crippen LogP contribution in [0.1, 0.15) is 252 Å². The van der Waals surface area contributed by atoms with Crippen molar-refractivity contribution in [1.82, 2.24) is 0 Å². The summed E-state index contributed by atoms with van der Waals surface area (Å²) in [6, 6.07) is 0. The molecule has 352 valence electrons. The fourth-order valence-corrected chi connectivity index (χ4v) is 7.21. The standard InChI is InChI=1S/C55H96O6/c1-4-7-10-13-16-19-22-24-25-26-27-28-29-31-33-36-39-42-45-48-54(57)60-51-52(50-59-53(56)47-44-41-38-35-32-21-18-15-12-9-6-3)61-55(58)49-46-43-40-37-34-30-23-20-17-14-11-8-5-2/h8,11,14,17,20,23,26-27,30,34,52H,4-7,9-10,12-13,15-16,18-19,21-22,24-25,28-29,31-33,35-51H2,1-3H3/b11-8-,17-14-,23-20-,27-26-,34-30-. The molecule has 0 saturated carbocycles. The second kappa shape index (κ2) is 49.8. The van der Waals surface area contributed by atoms with Crippen LogP contribution < -0.4 is 0 Å². The van der Waals surface area contributed by atoms with Crippen LogP contribution in [-0.4, -0.2) is 37.2 Å². The van der Waals surface area contributed by atoms with Gasteiger partial charge in [-0.1, -0.05) is 229 Å². The van der Waals surface area contributed by atoms with Crippen molar-refractivity contribution in [2.75, 3.05) is 13.2 Å². The van der Waals surface area contributed by atoms with E-state index in [0.29, 0.717) is 12.8 Å². The number of carbonyl (C=O) groups is 3. The minimum Gasteiger partial charge on any atom is -0.462 e. The zero-order chi connectivity index (χ0) is 44.4. The Kier molecular flexibility index (Phi) is 47.4. The van der Waals surface area contributed by atoms with Gasteiger partial charge in [-0.05, 0) is 64.2 Å². The summed E-state index contributed by atoms with van der Waals surface area (Å²) in [5.74, 6) is -0.930. The highest BCUT2D eigenvalue weighted by atomic mass is 16.6. The molecular weight excluding hydrogens is 757 g/mol. The summed E-state index contributed by atoms with van der Waals surface area (Å²) in [5.41, 5.74) is 0. The molecule has 0 fully saturated rings. The summed E-state index contributed by atoms with van der Waals surface area (Å²) < 4.78 is 16.7. The number of hydrogen-bond acceptors (Lipinski definition) is 6. The Labute approximate surface area is 377 Å². The van der Waals surface area contributed by atoms with Crippen molar-refractivity contribution >= 4 is 17.9 Å². The molecule has 0 aliphatic heterocycles. The van der Waals surface area contributed by atoms with E-state index in [0.717, 1.165) is 70.6 Å². The Morgan fingerprint density at radius 3 is 1.07 bits per heavy atom. The van der Waals surface area contributed by atoms with Gasteiger partial charge in [-0.3, -0.25) is 14.4 Å². The first-order valence-corrected chi connectivity index (χ1v) is 25.8.